The van der Waals surface area contributed by atoms with Crippen LogP contribution in [0.3, 0.4) is 0 Å². The van der Waals surface area contributed by atoms with Crippen LogP contribution in [0.2, 0.25) is 0 Å². The molecule has 26 heavy (non-hydrogen) atoms. The Bertz CT molecular complexity index is 730. The highest BCUT2D eigenvalue weighted by molar-refractivity contribution is 5.68. The molecule has 0 unspecified atom stereocenters. The molecule has 0 bridgehead atoms. The lowest BCUT2D eigenvalue weighted by Gasteiger charge is -2.39. The number of aromatic nitrogens is 1. The van der Waals surface area contributed by atoms with Crippen molar-refractivity contribution < 1.29 is 9.47 Å². The van der Waals surface area contributed by atoms with E-state index in [1.54, 1.807) is 7.11 Å². The number of nitrogens with zero attached hydrogens (tertiary/aromatic N) is 2. The molecule has 1 aromatic heterocycles. The molecule has 1 aliphatic heterocycles. The molecule has 139 valence electrons. The molecule has 0 amide bonds. The minimum Gasteiger partial charge on any atom is -0.457 e. The molecule has 0 spiro atoms. The molecule has 1 saturated heterocycles. The number of piperidine rings is 1. The minimum atomic E-state index is 0.662. The Balaban J connectivity index is 1.83. The second-order valence-corrected chi connectivity index (χ2v) is 6.63. The van der Waals surface area contributed by atoms with Gasteiger partial charge in [0.1, 0.15) is 18.0 Å². The number of hydrogen-bond acceptors (Lipinski definition) is 5. The first-order valence-corrected chi connectivity index (χ1v) is 9.05. The van der Waals surface area contributed by atoms with E-state index < -0.39 is 0 Å². The van der Waals surface area contributed by atoms with Crippen LogP contribution in [-0.4, -0.2) is 45.4 Å². The van der Waals surface area contributed by atoms with Crippen LogP contribution in [0.5, 0.6) is 11.5 Å². The number of hydrogen-bond donors (Lipinski definition) is 2. The van der Waals surface area contributed by atoms with Gasteiger partial charge in [-0.3, -0.25) is 4.48 Å². The molecule has 3 N–H and O–H groups in total. The standard InChI is InChI=1S/C20H28N4O2/c1-22-19-7-6-16(14-18(19)21)26-17-8-9-23-20(15-17)24(12-13-25-2)10-4-3-5-11-24/h3,6-9,14-15,22H,4-5,10-13,21H2,1-2H3/q+1. The molecule has 1 fully saturated rings. The summed E-state index contributed by atoms with van der Waals surface area (Å²) in [4.78, 5) is 4.66. The van der Waals surface area contributed by atoms with Gasteiger partial charge in [-0.25, -0.2) is 4.98 Å². The number of quaternary nitrogens is 1. The summed E-state index contributed by atoms with van der Waals surface area (Å²) in [5, 5.41) is 3.06. The Morgan fingerprint density at radius 3 is 2.62 bits per heavy atom. The fourth-order valence-corrected chi connectivity index (χ4v) is 3.46. The van der Waals surface area contributed by atoms with E-state index in [2.05, 4.69) is 16.7 Å². The lowest BCUT2D eigenvalue weighted by atomic mass is 10.1. The summed E-state index contributed by atoms with van der Waals surface area (Å²) in [6.45, 7) is 3.73. The Kier molecular flexibility index (Phi) is 5.96. The van der Waals surface area contributed by atoms with Crippen LogP contribution in [0.1, 0.15) is 12.8 Å². The van der Waals surface area contributed by atoms with Crippen molar-refractivity contribution in [2.45, 2.75) is 12.8 Å². The van der Waals surface area contributed by atoms with Crippen molar-refractivity contribution in [3.05, 3.63) is 42.9 Å². The molecule has 1 radical (unpaired) electrons. The van der Waals surface area contributed by atoms with Gasteiger partial charge in [0.15, 0.2) is 0 Å². The Hall–Kier alpha value is -2.31. The van der Waals surface area contributed by atoms with Crippen LogP contribution in [0, 0.1) is 6.42 Å². The van der Waals surface area contributed by atoms with Gasteiger partial charge in [-0.2, -0.15) is 0 Å². The summed E-state index contributed by atoms with van der Waals surface area (Å²) in [5.41, 5.74) is 7.58. The maximum atomic E-state index is 6.04. The highest BCUT2D eigenvalue weighted by atomic mass is 16.5. The summed E-state index contributed by atoms with van der Waals surface area (Å²) in [7, 11) is 3.60. The minimum absolute atomic E-state index is 0.662. The lowest BCUT2D eigenvalue weighted by molar-refractivity contribution is 0.141. The second-order valence-electron chi connectivity index (χ2n) is 6.63. The number of methoxy groups -OCH3 is 1. The van der Waals surface area contributed by atoms with Crippen LogP contribution in [0.25, 0.3) is 0 Å². The van der Waals surface area contributed by atoms with Crippen molar-refractivity contribution in [3.8, 4) is 11.5 Å². The molecule has 2 aromatic rings. The summed E-state index contributed by atoms with van der Waals surface area (Å²) in [6.07, 6.45) is 6.37. The van der Waals surface area contributed by atoms with Gasteiger partial charge in [-0.15, -0.1) is 0 Å². The highest BCUT2D eigenvalue weighted by Gasteiger charge is 2.34. The molecule has 6 nitrogen and oxygen atoms in total. The molecule has 0 atom stereocenters. The molecule has 0 saturated carbocycles. The average molecular weight is 356 g/mol. The normalized spacial score (nSPS) is 16.2. The first-order valence-electron chi connectivity index (χ1n) is 9.05. The smallest absolute Gasteiger partial charge is 0.231 e. The molecule has 3 rings (SSSR count). The number of benzene rings is 1. The molecule has 1 aromatic carbocycles. The van der Waals surface area contributed by atoms with E-state index in [4.69, 9.17) is 15.2 Å². The van der Waals surface area contributed by atoms with Gasteiger partial charge in [-0.1, -0.05) is 0 Å². The summed E-state index contributed by atoms with van der Waals surface area (Å²) < 4.78 is 12.2. The van der Waals surface area contributed by atoms with Gasteiger partial charge in [0, 0.05) is 39.3 Å². The van der Waals surface area contributed by atoms with Crippen molar-refractivity contribution in [2.24, 2.45) is 0 Å². The molecule has 0 aliphatic carbocycles. The number of nitrogen functional groups attached to an aromatic ring is 1. The van der Waals surface area contributed by atoms with Crippen LogP contribution in [0.4, 0.5) is 17.2 Å². The van der Waals surface area contributed by atoms with Crippen LogP contribution in [0.15, 0.2) is 36.5 Å². The van der Waals surface area contributed by atoms with Crippen LogP contribution >= 0.6 is 0 Å². The van der Waals surface area contributed by atoms with Crippen molar-refractivity contribution in [2.75, 3.05) is 51.4 Å². The van der Waals surface area contributed by atoms with Gasteiger partial charge < -0.3 is 20.5 Å². The average Bonchev–Trinajstić information content (AvgIpc) is 2.67. The molecule has 6 heteroatoms. The third kappa shape index (κ3) is 4.08. The number of nitrogens with two attached hydrogens (primary N) is 1. The summed E-state index contributed by atoms with van der Waals surface area (Å²) in [5.74, 6) is 2.53. The van der Waals surface area contributed by atoms with Crippen LogP contribution in [-0.2, 0) is 4.74 Å². The highest BCUT2D eigenvalue weighted by Crippen LogP contribution is 2.32. The van der Waals surface area contributed by atoms with E-state index >= 15 is 0 Å². The predicted octanol–water partition coefficient (Wildman–Crippen LogP) is 3.45. The third-order valence-corrected chi connectivity index (χ3v) is 4.98. The van der Waals surface area contributed by atoms with E-state index in [0.717, 1.165) is 60.8 Å². The van der Waals surface area contributed by atoms with Crippen molar-refractivity contribution in [3.63, 3.8) is 0 Å². The van der Waals surface area contributed by atoms with E-state index in [1.807, 2.05) is 43.6 Å². The molecular formula is C20H28N4O2+. The van der Waals surface area contributed by atoms with Gasteiger partial charge in [0.2, 0.25) is 5.82 Å². The molecular weight excluding hydrogens is 328 g/mol. The fraction of sp³-hybridized carbons (Fsp3) is 0.400. The monoisotopic (exact) mass is 356 g/mol. The SMILES string of the molecule is CNc1ccc(Oc2ccnc([N+]3(CCOC)CC[CH]CC3)c2)cc1N. The zero-order valence-electron chi connectivity index (χ0n) is 15.6. The topological polar surface area (TPSA) is 69.4 Å². The zero-order chi connectivity index (χ0) is 18.4. The van der Waals surface area contributed by atoms with Crippen LogP contribution < -0.4 is 20.3 Å². The van der Waals surface area contributed by atoms with Crippen molar-refractivity contribution >= 4 is 17.2 Å². The zero-order valence-corrected chi connectivity index (χ0v) is 15.6. The Labute approximate surface area is 155 Å². The Morgan fingerprint density at radius 1 is 1.15 bits per heavy atom. The maximum Gasteiger partial charge on any atom is 0.231 e. The van der Waals surface area contributed by atoms with Gasteiger partial charge in [0.25, 0.3) is 0 Å². The third-order valence-electron chi connectivity index (χ3n) is 4.98. The van der Waals surface area contributed by atoms with E-state index in [-0.39, 0.29) is 0 Å². The first-order chi connectivity index (χ1) is 12.7. The molecule has 1 aliphatic rings. The largest absolute Gasteiger partial charge is 0.457 e. The lowest BCUT2D eigenvalue weighted by Crippen LogP contribution is -2.55. The second kappa shape index (κ2) is 8.38. The van der Waals surface area contributed by atoms with E-state index in [1.165, 1.54) is 0 Å². The maximum absolute atomic E-state index is 6.04. The van der Waals surface area contributed by atoms with Crippen molar-refractivity contribution in [1.82, 2.24) is 9.47 Å². The Morgan fingerprint density at radius 2 is 1.92 bits per heavy atom. The number of anilines is 2. The summed E-state index contributed by atoms with van der Waals surface area (Å²) >= 11 is 0. The quantitative estimate of drug-likeness (QED) is 0.587. The number of ether oxygens (including phenoxy) is 2. The van der Waals surface area contributed by atoms with Gasteiger partial charge in [-0.05, 0) is 24.6 Å². The number of pyridine rings is 1. The molecule has 2 heterocycles. The predicted molar refractivity (Wildman–Crippen MR) is 107 cm³/mol. The van der Waals surface area contributed by atoms with E-state index in [9.17, 15) is 0 Å². The first kappa shape index (κ1) is 18.5. The number of likely N-dealkylation sites (tertiary alicyclic amines) is 1. The number of nitrogens with one attached hydrogen (secondary N) is 1. The van der Waals surface area contributed by atoms with E-state index in [0.29, 0.717) is 11.4 Å². The fourth-order valence-electron chi connectivity index (χ4n) is 3.46. The van der Waals surface area contributed by atoms with Gasteiger partial charge in [0.05, 0.1) is 37.1 Å². The van der Waals surface area contributed by atoms with Gasteiger partial charge >= 0.3 is 0 Å². The number of rotatable bonds is 7. The van der Waals surface area contributed by atoms with Crippen molar-refractivity contribution in [1.29, 1.82) is 0 Å². The summed E-state index contributed by atoms with van der Waals surface area (Å²) in [6, 6.07) is 9.59.